The van der Waals surface area contributed by atoms with Crippen molar-refractivity contribution in [2.75, 3.05) is 44.2 Å². The maximum atomic E-state index is 14.1. The number of nitrogens with two attached hydrogens (primary N) is 1. The molecule has 0 radical (unpaired) electrons. The summed E-state index contributed by atoms with van der Waals surface area (Å²) in [7, 11) is 0. The molecule has 0 atom stereocenters. The van der Waals surface area contributed by atoms with Crippen molar-refractivity contribution < 1.29 is 4.39 Å². The van der Waals surface area contributed by atoms with Gasteiger partial charge in [-0.3, -0.25) is 4.90 Å². The Morgan fingerprint density at radius 2 is 1.95 bits per heavy atom. The van der Waals surface area contributed by atoms with E-state index in [0.717, 1.165) is 50.4 Å². The molecule has 19 heavy (non-hydrogen) atoms. The fourth-order valence-corrected chi connectivity index (χ4v) is 2.66. The standard InChI is InChI=1S/C15H24FN3/c1-2-7-18-8-10-19(11-9-18)15-4-3-13(5-6-17)12-14(15)16/h3-4,12H,2,5-11,17H2,1H3. The van der Waals surface area contributed by atoms with Crippen LogP contribution < -0.4 is 10.6 Å². The molecule has 2 N–H and O–H groups in total. The fraction of sp³-hybridized carbons (Fsp3) is 0.600. The fourth-order valence-electron chi connectivity index (χ4n) is 2.66. The minimum absolute atomic E-state index is 0.116. The Morgan fingerprint density at radius 3 is 2.53 bits per heavy atom. The lowest BCUT2D eigenvalue weighted by atomic mass is 10.1. The number of halogens is 1. The molecule has 2 rings (SSSR count). The molecular formula is C15H24FN3. The van der Waals surface area contributed by atoms with E-state index < -0.39 is 0 Å². The molecule has 0 aliphatic carbocycles. The second kappa shape index (κ2) is 6.87. The van der Waals surface area contributed by atoms with Crippen LogP contribution in [0.3, 0.4) is 0 Å². The van der Waals surface area contributed by atoms with E-state index in [2.05, 4.69) is 16.7 Å². The summed E-state index contributed by atoms with van der Waals surface area (Å²) in [5.74, 6) is -0.116. The van der Waals surface area contributed by atoms with Gasteiger partial charge in [-0.2, -0.15) is 0 Å². The highest BCUT2D eigenvalue weighted by atomic mass is 19.1. The first kappa shape index (κ1) is 14.3. The van der Waals surface area contributed by atoms with Gasteiger partial charge in [0.15, 0.2) is 0 Å². The highest BCUT2D eigenvalue weighted by molar-refractivity contribution is 5.49. The van der Waals surface area contributed by atoms with Crippen molar-refractivity contribution in [3.63, 3.8) is 0 Å². The minimum atomic E-state index is -0.116. The van der Waals surface area contributed by atoms with Crippen LogP contribution >= 0.6 is 0 Å². The molecule has 0 saturated carbocycles. The van der Waals surface area contributed by atoms with Crippen molar-refractivity contribution in [1.29, 1.82) is 0 Å². The largest absolute Gasteiger partial charge is 0.367 e. The van der Waals surface area contributed by atoms with E-state index in [-0.39, 0.29) is 5.82 Å². The highest BCUT2D eigenvalue weighted by Crippen LogP contribution is 2.22. The van der Waals surface area contributed by atoms with Gasteiger partial charge < -0.3 is 10.6 Å². The first-order valence-electron chi connectivity index (χ1n) is 7.20. The van der Waals surface area contributed by atoms with Crippen molar-refractivity contribution >= 4 is 5.69 Å². The van der Waals surface area contributed by atoms with Crippen molar-refractivity contribution in [2.45, 2.75) is 19.8 Å². The van der Waals surface area contributed by atoms with Gasteiger partial charge in [0.2, 0.25) is 0 Å². The van der Waals surface area contributed by atoms with Crippen molar-refractivity contribution in [1.82, 2.24) is 4.90 Å². The Labute approximate surface area is 115 Å². The lowest BCUT2D eigenvalue weighted by Crippen LogP contribution is -2.46. The van der Waals surface area contributed by atoms with Gasteiger partial charge in [-0.15, -0.1) is 0 Å². The van der Waals surface area contributed by atoms with Gasteiger partial charge in [0.25, 0.3) is 0 Å². The van der Waals surface area contributed by atoms with Crippen LogP contribution in [0, 0.1) is 5.82 Å². The first-order chi connectivity index (χ1) is 9.24. The van der Waals surface area contributed by atoms with Crippen LogP contribution in [0.2, 0.25) is 0 Å². The van der Waals surface area contributed by atoms with Crippen LogP contribution in [-0.4, -0.2) is 44.2 Å². The van der Waals surface area contributed by atoms with E-state index in [1.807, 2.05) is 12.1 Å². The molecule has 0 unspecified atom stereocenters. The van der Waals surface area contributed by atoms with E-state index >= 15 is 0 Å². The van der Waals surface area contributed by atoms with Gasteiger partial charge in [-0.1, -0.05) is 13.0 Å². The second-order valence-electron chi connectivity index (χ2n) is 5.15. The number of piperazine rings is 1. The quantitative estimate of drug-likeness (QED) is 0.882. The minimum Gasteiger partial charge on any atom is -0.367 e. The normalized spacial score (nSPS) is 16.9. The second-order valence-corrected chi connectivity index (χ2v) is 5.15. The summed E-state index contributed by atoms with van der Waals surface area (Å²) in [6, 6.07) is 5.51. The Morgan fingerprint density at radius 1 is 1.21 bits per heavy atom. The van der Waals surface area contributed by atoms with Crippen LogP contribution in [-0.2, 0) is 6.42 Å². The molecule has 106 valence electrons. The lowest BCUT2D eigenvalue weighted by molar-refractivity contribution is 0.258. The molecule has 4 heteroatoms. The molecule has 1 heterocycles. The van der Waals surface area contributed by atoms with E-state index in [9.17, 15) is 4.39 Å². The Kier molecular flexibility index (Phi) is 5.16. The number of hydrogen-bond donors (Lipinski definition) is 1. The van der Waals surface area contributed by atoms with E-state index in [1.165, 1.54) is 6.42 Å². The zero-order valence-corrected chi connectivity index (χ0v) is 11.7. The SMILES string of the molecule is CCCN1CCN(c2ccc(CCN)cc2F)CC1. The first-order valence-corrected chi connectivity index (χ1v) is 7.20. The average Bonchev–Trinajstić information content (AvgIpc) is 2.41. The van der Waals surface area contributed by atoms with Crippen molar-refractivity contribution in [3.05, 3.63) is 29.6 Å². The molecule has 0 amide bonds. The molecule has 0 spiro atoms. The van der Waals surface area contributed by atoms with Crippen LogP contribution in [0.1, 0.15) is 18.9 Å². The maximum absolute atomic E-state index is 14.1. The smallest absolute Gasteiger partial charge is 0.146 e. The van der Waals surface area contributed by atoms with Crippen molar-refractivity contribution in [2.24, 2.45) is 5.73 Å². The predicted octanol–water partition coefficient (Wildman–Crippen LogP) is 1.86. The van der Waals surface area contributed by atoms with E-state index in [0.29, 0.717) is 6.54 Å². The molecule has 0 aromatic heterocycles. The molecule has 1 aromatic rings. The van der Waals surface area contributed by atoms with Gasteiger partial charge in [0, 0.05) is 26.2 Å². The molecular weight excluding hydrogens is 241 g/mol. The van der Waals surface area contributed by atoms with Gasteiger partial charge in [0.1, 0.15) is 5.82 Å². The van der Waals surface area contributed by atoms with Crippen LogP contribution in [0.25, 0.3) is 0 Å². The third-order valence-electron chi connectivity index (χ3n) is 3.70. The van der Waals surface area contributed by atoms with Gasteiger partial charge in [-0.05, 0) is 43.6 Å². The van der Waals surface area contributed by atoms with Gasteiger partial charge in [-0.25, -0.2) is 4.39 Å². The third kappa shape index (κ3) is 3.67. The summed E-state index contributed by atoms with van der Waals surface area (Å²) in [6.45, 7) is 7.78. The van der Waals surface area contributed by atoms with Crippen LogP contribution in [0.5, 0.6) is 0 Å². The zero-order chi connectivity index (χ0) is 13.7. The molecule has 1 aliphatic rings. The van der Waals surface area contributed by atoms with Crippen LogP contribution in [0.15, 0.2) is 18.2 Å². The number of nitrogens with zero attached hydrogens (tertiary/aromatic N) is 2. The Hall–Kier alpha value is -1.13. The molecule has 1 aliphatic heterocycles. The molecule has 1 fully saturated rings. The number of anilines is 1. The van der Waals surface area contributed by atoms with E-state index in [4.69, 9.17) is 5.73 Å². The summed E-state index contributed by atoms with van der Waals surface area (Å²) in [5, 5.41) is 0. The number of rotatable bonds is 5. The molecule has 1 saturated heterocycles. The summed E-state index contributed by atoms with van der Waals surface area (Å²) in [5.41, 5.74) is 7.21. The molecule has 1 aromatic carbocycles. The lowest BCUT2D eigenvalue weighted by Gasteiger charge is -2.36. The molecule has 0 bridgehead atoms. The zero-order valence-electron chi connectivity index (χ0n) is 11.7. The summed E-state index contributed by atoms with van der Waals surface area (Å²) in [6.07, 6.45) is 1.92. The topological polar surface area (TPSA) is 32.5 Å². The Bertz CT molecular complexity index is 400. The third-order valence-corrected chi connectivity index (χ3v) is 3.70. The van der Waals surface area contributed by atoms with Crippen molar-refractivity contribution in [3.8, 4) is 0 Å². The van der Waals surface area contributed by atoms with Gasteiger partial charge >= 0.3 is 0 Å². The van der Waals surface area contributed by atoms with E-state index in [1.54, 1.807) is 6.07 Å². The Balaban J connectivity index is 1.99. The van der Waals surface area contributed by atoms with Gasteiger partial charge in [0.05, 0.1) is 5.69 Å². The highest BCUT2D eigenvalue weighted by Gasteiger charge is 2.18. The van der Waals surface area contributed by atoms with Crippen LogP contribution in [0.4, 0.5) is 10.1 Å². The summed E-state index contributed by atoms with van der Waals surface area (Å²) in [4.78, 5) is 4.59. The summed E-state index contributed by atoms with van der Waals surface area (Å²) >= 11 is 0. The monoisotopic (exact) mass is 265 g/mol. The summed E-state index contributed by atoms with van der Waals surface area (Å²) < 4.78 is 14.1. The molecule has 3 nitrogen and oxygen atoms in total. The number of hydrogen-bond acceptors (Lipinski definition) is 3. The maximum Gasteiger partial charge on any atom is 0.146 e. The average molecular weight is 265 g/mol. The number of benzene rings is 1. The predicted molar refractivity (Wildman–Crippen MR) is 78.1 cm³/mol.